The minimum atomic E-state index is -0.0274. The molecular weight excluding hydrogens is 218 g/mol. The molecule has 2 heterocycles. The van der Waals surface area contributed by atoms with Gasteiger partial charge in [0.05, 0.1) is 17.9 Å². The molecule has 2 aromatic rings. The van der Waals surface area contributed by atoms with Gasteiger partial charge in [0.2, 0.25) is 0 Å². The fourth-order valence-corrected chi connectivity index (χ4v) is 1.64. The highest BCUT2D eigenvalue weighted by atomic mass is 16.1. The van der Waals surface area contributed by atoms with Gasteiger partial charge >= 0.3 is 5.69 Å². The van der Waals surface area contributed by atoms with Crippen molar-refractivity contribution >= 4 is 5.69 Å². The van der Waals surface area contributed by atoms with Gasteiger partial charge in [0.25, 0.3) is 0 Å². The first-order valence-electron chi connectivity index (χ1n) is 5.41. The van der Waals surface area contributed by atoms with Crippen molar-refractivity contribution in [2.24, 2.45) is 5.84 Å². The van der Waals surface area contributed by atoms with Gasteiger partial charge in [0.1, 0.15) is 0 Å². The Morgan fingerprint density at radius 3 is 2.82 bits per heavy atom. The number of hydrogen-bond acceptors (Lipinski definition) is 4. The summed E-state index contributed by atoms with van der Waals surface area (Å²) in [5.74, 6) is 5.32. The van der Waals surface area contributed by atoms with E-state index in [0.717, 1.165) is 11.4 Å². The summed E-state index contributed by atoms with van der Waals surface area (Å²) in [6, 6.07) is 3.58. The summed E-state index contributed by atoms with van der Waals surface area (Å²) >= 11 is 0. The molecule has 0 aliphatic rings. The van der Waals surface area contributed by atoms with E-state index in [0.29, 0.717) is 13.1 Å². The zero-order valence-electron chi connectivity index (χ0n) is 9.63. The molecule has 0 aliphatic heterocycles. The Bertz CT molecular complexity index is 557. The normalized spacial score (nSPS) is 10.5. The van der Waals surface area contributed by atoms with Crippen molar-refractivity contribution in [3.05, 3.63) is 46.9 Å². The molecular formula is C11H15N5O. The molecule has 6 nitrogen and oxygen atoms in total. The second-order valence-electron chi connectivity index (χ2n) is 3.67. The van der Waals surface area contributed by atoms with Gasteiger partial charge in [-0.25, -0.2) is 4.79 Å². The molecule has 17 heavy (non-hydrogen) atoms. The van der Waals surface area contributed by atoms with E-state index < -0.39 is 0 Å². The van der Waals surface area contributed by atoms with E-state index in [1.807, 2.05) is 13.0 Å². The van der Waals surface area contributed by atoms with Gasteiger partial charge in [0.15, 0.2) is 0 Å². The van der Waals surface area contributed by atoms with E-state index in [2.05, 4.69) is 10.4 Å². The lowest BCUT2D eigenvalue weighted by Crippen LogP contribution is -2.24. The van der Waals surface area contributed by atoms with E-state index >= 15 is 0 Å². The number of aromatic nitrogens is 3. The third-order valence-corrected chi connectivity index (χ3v) is 2.57. The number of nitrogen functional groups attached to an aromatic ring is 1. The molecule has 0 saturated carbocycles. The van der Waals surface area contributed by atoms with Crippen LogP contribution in [0.15, 0.2) is 35.5 Å². The zero-order valence-corrected chi connectivity index (χ0v) is 9.63. The van der Waals surface area contributed by atoms with Crippen molar-refractivity contribution in [3.63, 3.8) is 0 Å². The molecule has 0 unspecified atom stereocenters. The number of anilines is 1. The third kappa shape index (κ3) is 2.36. The molecule has 0 radical (unpaired) electrons. The highest BCUT2D eigenvalue weighted by Gasteiger charge is 2.03. The van der Waals surface area contributed by atoms with Crippen LogP contribution < -0.4 is 17.0 Å². The van der Waals surface area contributed by atoms with E-state index in [1.54, 1.807) is 33.8 Å². The van der Waals surface area contributed by atoms with Gasteiger partial charge in [0, 0.05) is 25.1 Å². The summed E-state index contributed by atoms with van der Waals surface area (Å²) in [6.45, 7) is 3.05. The number of pyridine rings is 1. The highest BCUT2D eigenvalue weighted by molar-refractivity contribution is 5.41. The Hall–Kier alpha value is -2.08. The van der Waals surface area contributed by atoms with Gasteiger partial charge in [-0.2, -0.15) is 0 Å². The maximum absolute atomic E-state index is 11.8. The highest BCUT2D eigenvalue weighted by Crippen LogP contribution is 2.06. The third-order valence-electron chi connectivity index (χ3n) is 2.57. The molecule has 0 bridgehead atoms. The summed E-state index contributed by atoms with van der Waals surface area (Å²) < 4.78 is 3.26. The van der Waals surface area contributed by atoms with E-state index in [1.165, 1.54) is 0 Å². The molecule has 0 aliphatic carbocycles. The largest absolute Gasteiger partial charge is 0.328 e. The average molecular weight is 233 g/mol. The van der Waals surface area contributed by atoms with Gasteiger partial charge in [-0.05, 0) is 19.1 Å². The molecule has 90 valence electrons. The van der Waals surface area contributed by atoms with Crippen LogP contribution in [0.3, 0.4) is 0 Å². The van der Waals surface area contributed by atoms with Crippen LogP contribution in [-0.2, 0) is 13.1 Å². The first-order valence-corrected chi connectivity index (χ1v) is 5.41. The fourth-order valence-electron chi connectivity index (χ4n) is 1.64. The van der Waals surface area contributed by atoms with Gasteiger partial charge in [-0.3, -0.25) is 20.0 Å². The van der Waals surface area contributed by atoms with Crippen LogP contribution in [0.1, 0.15) is 12.6 Å². The number of nitrogens with two attached hydrogens (primary N) is 1. The Morgan fingerprint density at radius 2 is 2.18 bits per heavy atom. The van der Waals surface area contributed by atoms with Crippen LogP contribution in [0, 0.1) is 0 Å². The van der Waals surface area contributed by atoms with Crippen LogP contribution in [0.5, 0.6) is 0 Å². The maximum atomic E-state index is 11.8. The Morgan fingerprint density at radius 1 is 1.41 bits per heavy atom. The maximum Gasteiger partial charge on any atom is 0.328 e. The minimum Gasteiger partial charge on any atom is -0.324 e. The average Bonchev–Trinajstić information content (AvgIpc) is 2.71. The molecule has 2 aromatic heterocycles. The lowest BCUT2D eigenvalue weighted by atomic mass is 10.3. The Labute approximate surface area is 98.7 Å². The molecule has 0 fully saturated rings. The quantitative estimate of drug-likeness (QED) is 0.592. The van der Waals surface area contributed by atoms with Crippen LogP contribution in [0.25, 0.3) is 0 Å². The lowest BCUT2D eigenvalue weighted by molar-refractivity contribution is 0.662. The topological polar surface area (TPSA) is 77.9 Å². The van der Waals surface area contributed by atoms with Gasteiger partial charge in [-0.15, -0.1) is 0 Å². The smallest absolute Gasteiger partial charge is 0.324 e. The predicted molar refractivity (Wildman–Crippen MR) is 65.5 cm³/mol. The van der Waals surface area contributed by atoms with Crippen molar-refractivity contribution in [1.29, 1.82) is 0 Å². The SMILES string of the molecule is CCn1ccn(Cc2cc(NN)ccn2)c1=O. The number of nitrogens with one attached hydrogen (secondary N) is 1. The standard InChI is InChI=1S/C11H15N5O/c1-2-15-5-6-16(11(15)17)8-10-7-9(14-12)3-4-13-10/h3-7H,2,8,12H2,1H3,(H,13,14). The molecule has 3 N–H and O–H groups in total. The molecule has 0 saturated heterocycles. The van der Waals surface area contributed by atoms with Crippen molar-refractivity contribution in [3.8, 4) is 0 Å². The van der Waals surface area contributed by atoms with Gasteiger partial charge in [-0.1, -0.05) is 0 Å². The summed E-state index contributed by atoms with van der Waals surface area (Å²) in [7, 11) is 0. The molecule has 0 aromatic carbocycles. The van der Waals surface area contributed by atoms with E-state index in [4.69, 9.17) is 5.84 Å². The monoisotopic (exact) mass is 233 g/mol. The van der Waals surface area contributed by atoms with Crippen molar-refractivity contribution in [1.82, 2.24) is 14.1 Å². The summed E-state index contributed by atoms with van der Waals surface area (Å²) in [4.78, 5) is 16.0. The molecule has 0 spiro atoms. The Kier molecular flexibility index (Phi) is 3.24. The fraction of sp³-hybridized carbons (Fsp3) is 0.273. The summed E-state index contributed by atoms with van der Waals surface area (Å²) in [6.07, 6.45) is 5.19. The first kappa shape index (κ1) is 11.4. The number of rotatable bonds is 4. The minimum absolute atomic E-state index is 0.0274. The van der Waals surface area contributed by atoms with Crippen LogP contribution in [-0.4, -0.2) is 14.1 Å². The first-order chi connectivity index (χ1) is 8.24. The predicted octanol–water partition coefficient (Wildman–Crippen LogP) is 0.399. The van der Waals surface area contributed by atoms with Crippen LogP contribution in [0.2, 0.25) is 0 Å². The molecule has 0 atom stereocenters. The van der Waals surface area contributed by atoms with Crippen molar-refractivity contribution in [2.45, 2.75) is 20.0 Å². The summed E-state index contributed by atoms with van der Waals surface area (Å²) in [5, 5.41) is 0. The summed E-state index contributed by atoms with van der Waals surface area (Å²) in [5.41, 5.74) is 4.09. The number of nitrogens with zero attached hydrogens (tertiary/aromatic N) is 3. The number of aryl methyl sites for hydroxylation is 1. The van der Waals surface area contributed by atoms with Crippen molar-refractivity contribution in [2.75, 3.05) is 5.43 Å². The second kappa shape index (κ2) is 4.84. The molecule has 2 rings (SSSR count). The van der Waals surface area contributed by atoms with Crippen LogP contribution >= 0.6 is 0 Å². The molecule has 6 heteroatoms. The number of hydrogen-bond donors (Lipinski definition) is 2. The zero-order chi connectivity index (χ0) is 12.3. The van der Waals surface area contributed by atoms with Crippen LogP contribution in [0.4, 0.5) is 5.69 Å². The number of imidazole rings is 1. The van der Waals surface area contributed by atoms with E-state index in [-0.39, 0.29) is 5.69 Å². The Balaban J connectivity index is 2.25. The van der Waals surface area contributed by atoms with Gasteiger partial charge < -0.3 is 5.43 Å². The molecule has 0 amide bonds. The number of hydrazine groups is 1. The van der Waals surface area contributed by atoms with E-state index in [9.17, 15) is 4.79 Å². The lowest BCUT2D eigenvalue weighted by Gasteiger charge is -2.04. The van der Waals surface area contributed by atoms with Crippen molar-refractivity contribution < 1.29 is 0 Å². The second-order valence-corrected chi connectivity index (χ2v) is 3.67.